The number of rotatable bonds is 4. The van der Waals surface area contributed by atoms with Crippen molar-refractivity contribution >= 4 is 0 Å². The first-order valence-corrected chi connectivity index (χ1v) is 5.93. The van der Waals surface area contributed by atoms with Gasteiger partial charge in [-0.05, 0) is 17.7 Å². The van der Waals surface area contributed by atoms with Crippen molar-refractivity contribution in [3.63, 3.8) is 0 Å². The molecule has 1 heterocycles. The Hall–Kier alpha value is -1.17. The van der Waals surface area contributed by atoms with E-state index in [4.69, 9.17) is 14.2 Å². The second-order valence-electron chi connectivity index (χ2n) is 4.20. The average molecular weight is 255 g/mol. The van der Waals surface area contributed by atoms with Gasteiger partial charge in [0.2, 0.25) is 0 Å². The van der Waals surface area contributed by atoms with Crippen LogP contribution in [0, 0.1) is 5.82 Å². The van der Waals surface area contributed by atoms with E-state index in [1.807, 2.05) is 6.07 Å². The van der Waals surface area contributed by atoms with Crippen molar-refractivity contribution in [3.8, 4) is 5.75 Å². The molecular formula is C13H18FNO3. The number of methoxy groups -OCH3 is 2. The molecule has 18 heavy (non-hydrogen) atoms. The first-order chi connectivity index (χ1) is 8.76. The van der Waals surface area contributed by atoms with Crippen LogP contribution in [0.2, 0.25) is 0 Å². The molecule has 1 unspecified atom stereocenters. The zero-order valence-corrected chi connectivity index (χ0v) is 10.7. The molecule has 1 aromatic rings. The van der Waals surface area contributed by atoms with Crippen molar-refractivity contribution in [2.75, 3.05) is 33.9 Å². The van der Waals surface area contributed by atoms with E-state index in [9.17, 15) is 4.39 Å². The second kappa shape index (κ2) is 6.13. The van der Waals surface area contributed by atoms with Gasteiger partial charge in [-0.2, -0.15) is 0 Å². The average Bonchev–Trinajstić information content (AvgIpc) is 2.39. The third-order valence-electron chi connectivity index (χ3n) is 2.92. The molecule has 1 fully saturated rings. The molecule has 5 heteroatoms. The molecule has 1 N–H and O–H groups in total. The minimum absolute atomic E-state index is 0.181. The van der Waals surface area contributed by atoms with Crippen LogP contribution in [0.3, 0.4) is 0 Å². The second-order valence-corrected chi connectivity index (χ2v) is 4.20. The molecule has 2 rings (SSSR count). The third-order valence-corrected chi connectivity index (χ3v) is 2.92. The summed E-state index contributed by atoms with van der Waals surface area (Å²) < 4.78 is 29.8. The molecule has 100 valence electrons. The first kappa shape index (κ1) is 13.3. The van der Waals surface area contributed by atoms with E-state index in [2.05, 4.69) is 5.32 Å². The van der Waals surface area contributed by atoms with Gasteiger partial charge in [-0.1, -0.05) is 0 Å². The molecule has 4 nitrogen and oxygen atoms in total. The van der Waals surface area contributed by atoms with Gasteiger partial charge in [0, 0.05) is 25.8 Å². The normalized spacial score (nSPS) is 19.8. The highest BCUT2D eigenvalue weighted by molar-refractivity contribution is 5.40. The fourth-order valence-corrected chi connectivity index (χ4v) is 2.14. The highest BCUT2D eigenvalue weighted by atomic mass is 19.1. The van der Waals surface area contributed by atoms with E-state index in [-0.39, 0.29) is 17.7 Å². The van der Waals surface area contributed by atoms with Gasteiger partial charge >= 0.3 is 0 Å². The summed E-state index contributed by atoms with van der Waals surface area (Å²) in [6.45, 7) is 2.46. The van der Waals surface area contributed by atoms with Crippen molar-refractivity contribution in [1.29, 1.82) is 0 Å². The van der Waals surface area contributed by atoms with E-state index >= 15 is 0 Å². The predicted octanol–water partition coefficient (Wildman–Crippen LogP) is 1.64. The monoisotopic (exact) mass is 255 g/mol. The van der Waals surface area contributed by atoms with Gasteiger partial charge in [-0.25, -0.2) is 4.39 Å². The number of halogens is 1. The molecule has 0 bridgehead atoms. The highest BCUT2D eigenvalue weighted by Crippen LogP contribution is 2.32. The van der Waals surface area contributed by atoms with Crippen LogP contribution in [0.25, 0.3) is 0 Å². The standard InChI is InChI=1S/C13H18FNO3/c1-16-8-9-5-10(12-7-15-3-4-18-12)13(17-2)11(14)6-9/h5-6,12,15H,3-4,7-8H2,1-2H3. The zero-order valence-electron chi connectivity index (χ0n) is 10.7. The maximum absolute atomic E-state index is 13.9. The number of benzene rings is 1. The van der Waals surface area contributed by atoms with Crippen LogP contribution in [0.1, 0.15) is 17.2 Å². The molecule has 1 atom stereocenters. The molecule has 0 saturated carbocycles. The summed E-state index contributed by atoms with van der Waals surface area (Å²) >= 11 is 0. The number of morpholine rings is 1. The summed E-state index contributed by atoms with van der Waals surface area (Å²) in [5, 5.41) is 3.22. The van der Waals surface area contributed by atoms with Crippen LogP contribution in [0.15, 0.2) is 12.1 Å². The Labute approximate surface area is 106 Å². The Balaban J connectivity index is 2.34. The van der Waals surface area contributed by atoms with Crippen LogP contribution >= 0.6 is 0 Å². The number of ether oxygens (including phenoxy) is 3. The van der Waals surface area contributed by atoms with E-state index in [0.29, 0.717) is 19.8 Å². The quantitative estimate of drug-likeness (QED) is 0.888. The summed E-state index contributed by atoms with van der Waals surface area (Å²) in [7, 11) is 3.05. The third kappa shape index (κ3) is 2.80. The van der Waals surface area contributed by atoms with E-state index in [0.717, 1.165) is 17.7 Å². The van der Waals surface area contributed by atoms with Crippen LogP contribution in [-0.4, -0.2) is 33.9 Å². The van der Waals surface area contributed by atoms with E-state index < -0.39 is 0 Å². The van der Waals surface area contributed by atoms with Crippen LogP contribution in [0.5, 0.6) is 5.75 Å². The summed E-state index contributed by atoms with van der Waals surface area (Å²) in [6, 6.07) is 3.31. The topological polar surface area (TPSA) is 39.7 Å². The Bertz CT molecular complexity index is 405. The number of hydrogen-bond acceptors (Lipinski definition) is 4. The lowest BCUT2D eigenvalue weighted by Crippen LogP contribution is -2.33. The fraction of sp³-hybridized carbons (Fsp3) is 0.538. The lowest BCUT2D eigenvalue weighted by molar-refractivity contribution is 0.0258. The van der Waals surface area contributed by atoms with Gasteiger partial charge in [0.05, 0.1) is 26.4 Å². The van der Waals surface area contributed by atoms with Crippen LogP contribution in [0.4, 0.5) is 4.39 Å². The summed E-state index contributed by atoms with van der Waals surface area (Å²) in [5.41, 5.74) is 1.51. The summed E-state index contributed by atoms with van der Waals surface area (Å²) in [6.07, 6.45) is -0.181. The van der Waals surface area contributed by atoms with Gasteiger partial charge in [0.1, 0.15) is 0 Å². The highest BCUT2D eigenvalue weighted by Gasteiger charge is 2.22. The van der Waals surface area contributed by atoms with Gasteiger partial charge in [-0.15, -0.1) is 0 Å². The Morgan fingerprint density at radius 3 is 2.89 bits per heavy atom. The molecule has 1 aromatic carbocycles. The molecule has 0 amide bonds. The maximum atomic E-state index is 13.9. The minimum Gasteiger partial charge on any atom is -0.493 e. The lowest BCUT2D eigenvalue weighted by atomic mass is 10.0. The van der Waals surface area contributed by atoms with Crippen molar-refractivity contribution in [3.05, 3.63) is 29.1 Å². The van der Waals surface area contributed by atoms with Gasteiger partial charge < -0.3 is 19.5 Å². The van der Waals surface area contributed by atoms with Crippen molar-refractivity contribution in [2.45, 2.75) is 12.7 Å². The smallest absolute Gasteiger partial charge is 0.165 e. The zero-order chi connectivity index (χ0) is 13.0. The number of hydrogen-bond donors (Lipinski definition) is 1. The Morgan fingerprint density at radius 1 is 1.44 bits per heavy atom. The van der Waals surface area contributed by atoms with Gasteiger partial charge in [0.25, 0.3) is 0 Å². The lowest BCUT2D eigenvalue weighted by Gasteiger charge is -2.26. The molecule has 1 saturated heterocycles. The first-order valence-electron chi connectivity index (χ1n) is 5.93. The van der Waals surface area contributed by atoms with E-state index in [1.165, 1.54) is 13.2 Å². The Kier molecular flexibility index (Phi) is 4.52. The molecule has 0 radical (unpaired) electrons. The van der Waals surface area contributed by atoms with E-state index in [1.54, 1.807) is 7.11 Å². The molecule has 1 aliphatic rings. The van der Waals surface area contributed by atoms with Gasteiger partial charge in [0.15, 0.2) is 11.6 Å². The SMILES string of the molecule is COCc1cc(F)c(OC)c(C2CNCCO2)c1. The maximum Gasteiger partial charge on any atom is 0.165 e. The number of nitrogens with one attached hydrogen (secondary N) is 1. The van der Waals surface area contributed by atoms with Crippen LogP contribution < -0.4 is 10.1 Å². The molecular weight excluding hydrogens is 237 g/mol. The molecule has 1 aliphatic heterocycles. The molecule has 0 spiro atoms. The minimum atomic E-state index is -0.378. The molecule has 0 aliphatic carbocycles. The van der Waals surface area contributed by atoms with Crippen molar-refractivity contribution in [1.82, 2.24) is 5.32 Å². The van der Waals surface area contributed by atoms with Crippen LogP contribution in [-0.2, 0) is 16.1 Å². The fourth-order valence-electron chi connectivity index (χ4n) is 2.14. The molecule has 0 aromatic heterocycles. The van der Waals surface area contributed by atoms with Gasteiger partial charge in [-0.3, -0.25) is 0 Å². The van der Waals surface area contributed by atoms with Crippen molar-refractivity contribution in [2.24, 2.45) is 0 Å². The predicted molar refractivity (Wildman–Crippen MR) is 65.2 cm³/mol. The summed E-state index contributed by atoms with van der Waals surface area (Å²) in [5.74, 6) is -0.125. The van der Waals surface area contributed by atoms with Crippen molar-refractivity contribution < 1.29 is 18.6 Å². The largest absolute Gasteiger partial charge is 0.493 e. The summed E-state index contributed by atoms with van der Waals surface area (Å²) in [4.78, 5) is 0. The Morgan fingerprint density at radius 2 is 2.28 bits per heavy atom.